The molecule has 2 nitrogen and oxygen atoms in total. The van der Waals surface area contributed by atoms with Gasteiger partial charge in [0.15, 0.2) is 0 Å². The zero-order valence-corrected chi connectivity index (χ0v) is 9.98. The van der Waals surface area contributed by atoms with E-state index in [2.05, 4.69) is 0 Å². The first-order valence-corrected chi connectivity index (χ1v) is 5.48. The van der Waals surface area contributed by atoms with Crippen LogP contribution in [0.1, 0.15) is 12.0 Å². The van der Waals surface area contributed by atoms with Crippen LogP contribution in [-0.4, -0.2) is 16.5 Å². The summed E-state index contributed by atoms with van der Waals surface area (Å²) >= 11 is 17.4. The van der Waals surface area contributed by atoms with Crippen LogP contribution in [0.4, 0.5) is 0 Å². The SMILES string of the molecule is O=C(O)CC(Cl)Cc1ccc(Cl)c(Cl)c1. The molecule has 0 fully saturated rings. The van der Waals surface area contributed by atoms with E-state index in [1.54, 1.807) is 18.2 Å². The molecule has 1 unspecified atom stereocenters. The topological polar surface area (TPSA) is 37.3 Å². The summed E-state index contributed by atoms with van der Waals surface area (Å²) in [5.41, 5.74) is 0.880. The number of alkyl halides is 1. The maximum atomic E-state index is 10.4. The van der Waals surface area contributed by atoms with E-state index in [1.807, 2.05) is 0 Å². The molecule has 0 saturated heterocycles. The van der Waals surface area contributed by atoms with Crippen LogP contribution in [0.5, 0.6) is 0 Å². The molecule has 82 valence electrons. The van der Waals surface area contributed by atoms with E-state index in [0.29, 0.717) is 16.5 Å². The van der Waals surface area contributed by atoms with Crippen molar-refractivity contribution in [2.24, 2.45) is 0 Å². The van der Waals surface area contributed by atoms with E-state index in [-0.39, 0.29) is 6.42 Å². The maximum Gasteiger partial charge on any atom is 0.304 e. The van der Waals surface area contributed by atoms with Crippen molar-refractivity contribution in [3.63, 3.8) is 0 Å². The average molecular weight is 268 g/mol. The van der Waals surface area contributed by atoms with E-state index >= 15 is 0 Å². The zero-order valence-electron chi connectivity index (χ0n) is 7.71. The van der Waals surface area contributed by atoms with Crippen LogP contribution in [0, 0.1) is 0 Å². The summed E-state index contributed by atoms with van der Waals surface area (Å²) in [5.74, 6) is -0.907. The van der Waals surface area contributed by atoms with Crippen LogP contribution in [0.25, 0.3) is 0 Å². The molecule has 0 aliphatic rings. The highest BCUT2D eigenvalue weighted by Gasteiger charge is 2.11. The zero-order chi connectivity index (χ0) is 11.4. The van der Waals surface area contributed by atoms with Crippen molar-refractivity contribution in [3.8, 4) is 0 Å². The van der Waals surface area contributed by atoms with Gasteiger partial charge in [0, 0.05) is 5.38 Å². The van der Waals surface area contributed by atoms with Crippen molar-refractivity contribution >= 4 is 40.8 Å². The quantitative estimate of drug-likeness (QED) is 0.846. The molecule has 0 amide bonds. The molecule has 1 aromatic rings. The third-order valence-corrected chi connectivity index (χ3v) is 2.88. The minimum Gasteiger partial charge on any atom is -0.481 e. The van der Waals surface area contributed by atoms with Gasteiger partial charge in [-0.05, 0) is 24.1 Å². The van der Waals surface area contributed by atoms with Gasteiger partial charge in [-0.15, -0.1) is 11.6 Å². The van der Waals surface area contributed by atoms with E-state index in [1.165, 1.54) is 0 Å². The summed E-state index contributed by atoms with van der Waals surface area (Å²) < 4.78 is 0. The number of carboxylic acids is 1. The molecule has 0 radical (unpaired) electrons. The minimum absolute atomic E-state index is 0.0677. The van der Waals surface area contributed by atoms with Gasteiger partial charge >= 0.3 is 5.97 Å². The number of carboxylic acid groups (broad SMARTS) is 1. The number of hydrogen-bond donors (Lipinski definition) is 1. The smallest absolute Gasteiger partial charge is 0.304 e. The lowest BCUT2D eigenvalue weighted by Gasteiger charge is -2.07. The highest BCUT2D eigenvalue weighted by molar-refractivity contribution is 6.42. The van der Waals surface area contributed by atoms with E-state index < -0.39 is 11.3 Å². The Kier molecular flexibility index (Phi) is 4.71. The summed E-state index contributed by atoms with van der Waals surface area (Å²) in [4.78, 5) is 10.4. The Balaban J connectivity index is 2.64. The van der Waals surface area contributed by atoms with Gasteiger partial charge in [-0.3, -0.25) is 4.79 Å². The number of benzene rings is 1. The van der Waals surface area contributed by atoms with Crippen molar-refractivity contribution in [3.05, 3.63) is 33.8 Å². The number of hydrogen-bond acceptors (Lipinski definition) is 1. The molecule has 0 aliphatic carbocycles. The Hall–Kier alpha value is -0.440. The van der Waals surface area contributed by atoms with E-state index in [9.17, 15) is 4.79 Å². The lowest BCUT2D eigenvalue weighted by Crippen LogP contribution is -2.09. The molecule has 15 heavy (non-hydrogen) atoms. The third kappa shape index (κ3) is 4.29. The number of rotatable bonds is 4. The van der Waals surface area contributed by atoms with Crippen molar-refractivity contribution in [2.75, 3.05) is 0 Å². The highest BCUT2D eigenvalue weighted by atomic mass is 35.5. The largest absolute Gasteiger partial charge is 0.481 e. The second kappa shape index (κ2) is 5.59. The average Bonchev–Trinajstić information content (AvgIpc) is 2.10. The molecule has 0 aliphatic heterocycles. The lowest BCUT2D eigenvalue weighted by atomic mass is 10.1. The molecule has 0 spiro atoms. The Morgan fingerprint density at radius 1 is 1.33 bits per heavy atom. The standard InChI is InChI=1S/C10H9Cl3O2/c11-7(5-10(14)15)3-6-1-2-8(12)9(13)4-6/h1-2,4,7H,3,5H2,(H,14,15). The third-order valence-electron chi connectivity index (χ3n) is 1.84. The van der Waals surface area contributed by atoms with Crippen LogP contribution in [0.15, 0.2) is 18.2 Å². The number of aliphatic carboxylic acids is 1. The minimum atomic E-state index is -0.907. The monoisotopic (exact) mass is 266 g/mol. The van der Waals surface area contributed by atoms with Gasteiger partial charge in [-0.1, -0.05) is 29.3 Å². The second-order valence-corrected chi connectivity index (χ2v) is 4.58. The Morgan fingerprint density at radius 3 is 2.53 bits per heavy atom. The molecular formula is C10H9Cl3O2. The Bertz CT molecular complexity index is 366. The molecule has 0 aromatic heterocycles. The second-order valence-electron chi connectivity index (χ2n) is 3.15. The van der Waals surface area contributed by atoms with Gasteiger partial charge in [0.1, 0.15) is 0 Å². The van der Waals surface area contributed by atoms with Crippen molar-refractivity contribution < 1.29 is 9.90 Å². The molecule has 1 atom stereocenters. The summed E-state index contributed by atoms with van der Waals surface area (Å²) in [6.45, 7) is 0. The van der Waals surface area contributed by atoms with Gasteiger partial charge in [-0.25, -0.2) is 0 Å². The lowest BCUT2D eigenvalue weighted by molar-refractivity contribution is -0.137. The van der Waals surface area contributed by atoms with Crippen LogP contribution in [0.3, 0.4) is 0 Å². The first-order valence-electron chi connectivity index (χ1n) is 4.29. The van der Waals surface area contributed by atoms with E-state index in [0.717, 1.165) is 5.56 Å². The molecule has 1 aromatic carbocycles. The fourth-order valence-corrected chi connectivity index (χ4v) is 1.81. The van der Waals surface area contributed by atoms with Crippen LogP contribution in [-0.2, 0) is 11.2 Å². The molecule has 1 N–H and O–H groups in total. The van der Waals surface area contributed by atoms with Crippen molar-refractivity contribution in [1.29, 1.82) is 0 Å². The summed E-state index contributed by atoms with van der Waals surface area (Å²) in [7, 11) is 0. The molecular weight excluding hydrogens is 258 g/mol. The first kappa shape index (κ1) is 12.6. The van der Waals surface area contributed by atoms with Gasteiger partial charge in [-0.2, -0.15) is 0 Å². The number of halogens is 3. The fourth-order valence-electron chi connectivity index (χ4n) is 1.18. The maximum absolute atomic E-state index is 10.4. The summed E-state index contributed by atoms with van der Waals surface area (Å²) in [6, 6.07) is 5.15. The van der Waals surface area contributed by atoms with Gasteiger partial charge in [0.05, 0.1) is 16.5 Å². The molecule has 5 heteroatoms. The molecule has 1 rings (SSSR count). The number of carbonyl (C=O) groups is 1. The van der Waals surface area contributed by atoms with Crippen LogP contribution < -0.4 is 0 Å². The van der Waals surface area contributed by atoms with Gasteiger partial charge < -0.3 is 5.11 Å². The Morgan fingerprint density at radius 2 is 2.00 bits per heavy atom. The predicted molar refractivity (Wildman–Crippen MR) is 62.1 cm³/mol. The van der Waals surface area contributed by atoms with Crippen LogP contribution >= 0.6 is 34.8 Å². The van der Waals surface area contributed by atoms with Crippen LogP contribution in [0.2, 0.25) is 10.0 Å². The van der Waals surface area contributed by atoms with Gasteiger partial charge in [0.2, 0.25) is 0 Å². The normalized spacial score (nSPS) is 12.5. The molecule has 0 heterocycles. The predicted octanol–water partition coefficient (Wildman–Crippen LogP) is 3.62. The first-order chi connectivity index (χ1) is 6.99. The summed E-state index contributed by atoms with van der Waals surface area (Å²) in [5, 5.41) is 9.03. The van der Waals surface area contributed by atoms with Crippen molar-refractivity contribution in [2.45, 2.75) is 18.2 Å². The fraction of sp³-hybridized carbons (Fsp3) is 0.300. The highest BCUT2D eigenvalue weighted by Crippen LogP contribution is 2.24. The van der Waals surface area contributed by atoms with E-state index in [4.69, 9.17) is 39.9 Å². The van der Waals surface area contributed by atoms with Gasteiger partial charge in [0.25, 0.3) is 0 Å². The molecule has 0 bridgehead atoms. The van der Waals surface area contributed by atoms with Crippen molar-refractivity contribution in [1.82, 2.24) is 0 Å². The molecule has 0 saturated carbocycles. The Labute approximate surface area is 103 Å². The summed E-state index contributed by atoms with van der Waals surface area (Å²) in [6.07, 6.45) is 0.395.